The van der Waals surface area contributed by atoms with Crippen LogP contribution < -0.4 is 5.73 Å². The number of nitrogens with zero attached hydrogens (tertiary/aromatic N) is 3. The van der Waals surface area contributed by atoms with Crippen LogP contribution in [0.3, 0.4) is 0 Å². The fourth-order valence-corrected chi connectivity index (χ4v) is 2.20. The minimum Gasteiger partial charge on any atom is -0.378 e. The van der Waals surface area contributed by atoms with Crippen molar-refractivity contribution in [2.45, 2.75) is 26.8 Å². The van der Waals surface area contributed by atoms with Gasteiger partial charge in [-0.3, -0.25) is 10.1 Å². The van der Waals surface area contributed by atoms with Crippen molar-refractivity contribution in [3.8, 4) is 0 Å². The van der Waals surface area contributed by atoms with Crippen LogP contribution in [0.5, 0.6) is 0 Å². The van der Waals surface area contributed by atoms with Crippen molar-refractivity contribution in [1.82, 2.24) is 9.78 Å². The predicted molar refractivity (Wildman–Crippen MR) is 73.0 cm³/mol. The number of benzene rings is 1. The van der Waals surface area contributed by atoms with Gasteiger partial charge in [0.15, 0.2) is 0 Å². The monoisotopic (exact) mass is 260 g/mol. The van der Waals surface area contributed by atoms with Crippen molar-refractivity contribution < 1.29 is 4.92 Å². The molecule has 0 amide bonds. The minimum atomic E-state index is -0.521. The SMILES string of the molecule is Cc1cc(C)cc(C(C)n2ncc([N+](=O)[O-])c2N)c1. The van der Waals surface area contributed by atoms with Gasteiger partial charge in [-0.25, -0.2) is 4.68 Å². The van der Waals surface area contributed by atoms with E-state index in [9.17, 15) is 10.1 Å². The standard InChI is InChI=1S/C13H16N4O2/c1-8-4-9(2)6-11(5-8)10(3)16-13(14)12(7-15-16)17(18)19/h4-7,10H,14H2,1-3H3. The molecule has 0 fully saturated rings. The Balaban J connectivity index is 2.44. The van der Waals surface area contributed by atoms with Crippen LogP contribution >= 0.6 is 0 Å². The highest BCUT2D eigenvalue weighted by Gasteiger charge is 2.21. The van der Waals surface area contributed by atoms with Crippen molar-refractivity contribution >= 4 is 11.5 Å². The number of aromatic nitrogens is 2. The maximum Gasteiger partial charge on any atom is 0.330 e. The zero-order valence-corrected chi connectivity index (χ0v) is 11.1. The molecule has 0 aliphatic rings. The van der Waals surface area contributed by atoms with Gasteiger partial charge in [0.1, 0.15) is 6.20 Å². The number of hydrogen-bond donors (Lipinski definition) is 1. The lowest BCUT2D eigenvalue weighted by molar-refractivity contribution is -0.384. The maximum atomic E-state index is 10.8. The third-order valence-electron chi connectivity index (χ3n) is 3.10. The third kappa shape index (κ3) is 2.42. The summed E-state index contributed by atoms with van der Waals surface area (Å²) >= 11 is 0. The summed E-state index contributed by atoms with van der Waals surface area (Å²) in [6.07, 6.45) is 1.19. The molecule has 0 saturated heterocycles. The van der Waals surface area contributed by atoms with E-state index in [-0.39, 0.29) is 17.5 Å². The zero-order valence-electron chi connectivity index (χ0n) is 11.1. The van der Waals surface area contributed by atoms with Gasteiger partial charge in [0, 0.05) is 0 Å². The van der Waals surface area contributed by atoms with E-state index < -0.39 is 4.92 Å². The first-order valence-electron chi connectivity index (χ1n) is 5.95. The molecule has 100 valence electrons. The number of nitrogen functional groups attached to an aromatic ring is 1. The van der Waals surface area contributed by atoms with E-state index in [2.05, 4.69) is 11.2 Å². The van der Waals surface area contributed by atoms with Crippen LogP contribution in [0.25, 0.3) is 0 Å². The number of anilines is 1. The molecule has 0 aliphatic carbocycles. The number of hydrogen-bond acceptors (Lipinski definition) is 4. The van der Waals surface area contributed by atoms with Gasteiger partial charge in [-0.1, -0.05) is 29.3 Å². The topological polar surface area (TPSA) is 87.0 Å². The molecule has 1 aromatic heterocycles. The van der Waals surface area contributed by atoms with E-state index in [1.54, 1.807) is 0 Å². The Labute approximate surface area is 111 Å². The van der Waals surface area contributed by atoms with Crippen molar-refractivity contribution in [1.29, 1.82) is 0 Å². The lowest BCUT2D eigenvalue weighted by Gasteiger charge is -2.15. The molecule has 0 bridgehead atoms. The summed E-state index contributed by atoms with van der Waals surface area (Å²) in [5, 5.41) is 14.8. The van der Waals surface area contributed by atoms with Crippen LogP contribution in [0, 0.1) is 24.0 Å². The Morgan fingerprint density at radius 1 is 1.32 bits per heavy atom. The highest BCUT2D eigenvalue weighted by atomic mass is 16.6. The molecule has 0 spiro atoms. The van der Waals surface area contributed by atoms with Crippen LogP contribution in [-0.4, -0.2) is 14.7 Å². The van der Waals surface area contributed by atoms with Gasteiger partial charge in [-0.15, -0.1) is 0 Å². The highest BCUT2D eigenvalue weighted by molar-refractivity contribution is 5.52. The average Bonchev–Trinajstić information content (AvgIpc) is 2.69. The molecule has 1 unspecified atom stereocenters. The molecule has 1 heterocycles. The highest BCUT2D eigenvalue weighted by Crippen LogP contribution is 2.27. The van der Waals surface area contributed by atoms with E-state index in [0.29, 0.717) is 0 Å². The average molecular weight is 260 g/mol. The Hall–Kier alpha value is -2.37. The van der Waals surface area contributed by atoms with Crippen LogP contribution in [0.2, 0.25) is 0 Å². The number of nitrogens with two attached hydrogens (primary N) is 1. The fraction of sp³-hybridized carbons (Fsp3) is 0.308. The molecule has 19 heavy (non-hydrogen) atoms. The quantitative estimate of drug-likeness (QED) is 0.678. The van der Waals surface area contributed by atoms with Gasteiger partial charge in [0.2, 0.25) is 5.82 Å². The molecule has 0 aliphatic heterocycles. The van der Waals surface area contributed by atoms with Crippen molar-refractivity contribution in [2.75, 3.05) is 5.73 Å². The second kappa shape index (κ2) is 4.72. The van der Waals surface area contributed by atoms with Gasteiger partial charge < -0.3 is 5.73 Å². The molecule has 0 radical (unpaired) electrons. The first kappa shape index (κ1) is 13.1. The van der Waals surface area contributed by atoms with Crippen molar-refractivity contribution in [2.24, 2.45) is 0 Å². The van der Waals surface area contributed by atoms with Gasteiger partial charge >= 0.3 is 5.69 Å². The van der Waals surface area contributed by atoms with Crippen LogP contribution in [-0.2, 0) is 0 Å². The van der Waals surface area contributed by atoms with E-state index in [4.69, 9.17) is 5.73 Å². The Morgan fingerprint density at radius 3 is 2.37 bits per heavy atom. The van der Waals surface area contributed by atoms with Crippen molar-refractivity contribution in [3.63, 3.8) is 0 Å². The lowest BCUT2D eigenvalue weighted by Crippen LogP contribution is -2.12. The molecule has 2 rings (SSSR count). The van der Waals surface area contributed by atoms with Gasteiger partial charge in [0.25, 0.3) is 0 Å². The summed E-state index contributed by atoms with van der Waals surface area (Å²) < 4.78 is 1.48. The summed E-state index contributed by atoms with van der Waals surface area (Å²) in [5.74, 6) is 0.0802. The normalized spacial score (nSPS) is 12.4. The summed E-state index contributed by atoms with van der Waals surface area (Å²) in [4.78, 5) is 10.3. The predicted octanol–water partition coefficient (Wildman–Crippen LogP) is 2.60. The first-order valence-corrected chi connectivity index (χ1v) is 5.95. The zero-order chi connectivity index (χ0) is 14.2. The van der Waals surface area contributed by atoms with Crippen LogP contribution in [0.1, 0.15) is 29.7 Å². The van der Waals surface area contributed by atoms with E-state index in [1.807, 2.05) is 32.9 Å². The number of nitro groups is 1. The number of rotatable bonds is 3. The maximum absolute atomic E-state index is 10.8. The molecule has 1 atom stereocenters. The minimum absolute atomic E-state index is 0.0802. The number of aryl methyl sites for hydroxylation is 2. The van der Waals surface area contributed by atoms with Crippen molar-refractivity contribution in [3.05, 3.63) is 51.2 Å². The molecule has 2 aromatic rings. The second-order valence-electron chi connectivity index (χ2n) is 4.71. The van der Waals surface area contributed by atoms with E-state index in [0.717, 1.165) is 16.7 Å². The van der Waals surface area contributed by atoms with Gasteiger partial charge in [-0.2, -0.15) is 5.10 Å². The molecule has 2 N–H and O–H groups in total. The van der Waals surface area contributed by atoms with Crippen LogP contribution in [0.15, 0.2) is 24.4 Å². The molecule has 6 nitrogen and oxygen atoms in total. The van der Waals surface area contributed by atoms with Gasteiger partial charge in [-0.05, 0) is 26.3 Å². The molecule has 0 saturated carbocycles. The Kier molecular flexibility index (Phi) is 3.25. The van der Waals surface area contributed by atoms with Crippen LogP contribution in [0.4, 0.5) is 11.5 Å². The summed E-state index contributed by atoms with van der Waals surface area (Å²) in [6.45, 7) is 5.94. The largest absolute Gasteiger partial charge is 0.378 e. The summed E-state index contributed by atoms with van der Waals surface area (Å²) in [7, 11) is 0. The third-order valence-corrected chi connectivity index (χ3v) is 3.10. The van der Waals surface area contributed by atoms with E-state index in [1.165, 1.54) is 10.9 Å². The lowest BCUT2D eigenvalue weighted by atomic mass is 10.0. The molecule has 1 aromatic carbocycles. The summed E-state index contributed by atoms with van der Waals surface area (Å²) in [5.41, 5.74) is 8.93. The Morgan fingerprint density at radius 2 is 1.89 bits per heavy atom. The molecular weight excluding hydrogens is 244 g/mol. The van der Waals surface area contributed by atoms with E-state index >= 15 is 0 Å². The molecular formula is C13H16N4O2. The first-order chi connectivity index (χ1) is 8.90. The smallest absolute Gasteiger partial charge is 0.330 e. The second-order valence-corrected chi connectivity index (χ2v) is 4.71. The van der Waals surface area contributed by atoms with Gasteiger partial charge in [0.05, 0.1) is 11.0 Å². The fourth-order valence-electron chi connectivity index (χ4n) is 2.20. The Bertz CT molecular complexity index is 613. The molecule has 6 heteroatoms. The summed E-state index contributed by atoms with van der Waals surface area (Å²) in [6, 6.07) is 5.99.